The molecule has 1 N–H and O–H groups in total. The Labute approximate surface area is 172 Å². The lowest BCUT2D eigenvalue weighted by atomic mass is 10.0. The Kier molecular flexibility index (Phi) is 6.23. The minimum Gasteiger partial charge on any atom is -0.379 e. The number of hydrogen-bond donors (Lipinski definition) is 1. The summed E-state index contributed by atoms with van der Waals surface area (Å²) in [5, 5.41) is 5.50. The highest BCUT2D eigenvalue weighted by Gasteiger charge is 2.23. The zero-order chi connectivity index (χ0) is 20.1. The van der Waals surface area contributed by atoms with Crippen molar-refractivity contribution in [1.29, 1.82) is 0 Å². The fourth-order valence-corrected chi connectivity index (χ4v) is 4.03. The molecule has 3 aromatic carbocycles. The van der Waals surface area contributed by atoms with Crippen LogP contribution in [0.15, 0.2) is 66.7 Å². The topological polar surface area (TPSA) is 41.6 Å². The molecule has 4 nitrogen and oxygen atoms in total. The highest BCUT2D eigenvalue weighted by Crippen LogP contribution is 2.22. The maximum Gasteiger partial charge on any atom is 0.224 e. The van der Waals surface area contributed by atoms with E-state index in [2.05, 4.69) is 59.6 Å². The second kappa shape index (κ2) is 9.21. The number of fused-ring (bicyclic) bond motifs is 1. The van der Waals surface area contributed by atoms with E-state index in [0.717, 1.165) is 37.3 Å². The van der Waals surface area contributed by atoms with Crippen molar-refractivity contribution in [3.63, 3.8) is 0 Å². The Morgan fingerprint density at radius 1 is 1.00 bits per heavy atom. The van der Waals surface area contributed by atoms with Crippen molar-refractivity contribution in [2.45, 2.75) is 19.4 Å². The van der Waals surface area contributed by atoms with Gasteiger partial charge < -0.3 is 10.1 Å². The zero-order valence-corrected chi connectivity index (χ0v) is 16.9. The molecule has 0 aliphatic carbocycles. The van der Waals surface area contributed by atoms with Crippen molar-refractivity contribution in [3.8, 4) is 0 Å². The Morgan fingerprint density at radius 3 is 2.52 bits per heavy atom. The van der Waals surface area contributed by atoms with Gasteiger partial charge in [-0.2, -0.15) is 0 Å². The van der Waals surface area contributed by atoms with Crippen LogP contribution in [0, 0.1) is 6.92 Å². The number of aryl methyl sites for hydroxylation is 1. The predicted molar refractivity (Wildman–Crippen MR) is 117 cm³/mol. The third-order valence-corrected chi connectivity index (χ3v) is 5.67. The largest absolute Gasteiger partial charge is 0.379 e. The van der Waals surface area contributed by atoms with Crippen molar-refractivity contribution in [3.05, 3.63) is 83.4 Å². The van der Waals surface area contributed by atoms with Gasteiger partial charge in [0.05, 0.1) is 25.7 Å². The predicted octanol–water partition coefficient (Wildman–Crippen LogP) is 3.88. The van der Waals surface area contributed by atoms with Gasteiger partial charge in [0, 0.05) is 19.6 Å². The number of benzene rings is 3. The van der Waals surface area contributed by atoms with Crippen LogP contribution < -0.4 is 5.32 Å². The highest BCUT2D eigenvalue weighted by atomic mass is 16.5. The Balaban J connectivity index is 1.46. The summed E-state index contributed by atoms with van der Waals surface area (Å²) < 4.78 is 5.52. The van der Waals surface area contributed by atoms with E-state index in [-0.39, 0.29) is 11.9 Å². The molecule has 0 saturated carbocycles. The first-order valence-corrected chi connectivity index (χ1v) is 10.3. The van der Waals surface area contributed by atoms with Crippen LogP contribution in [0.4, 0.5) is 0 Å². The van der Waals surface area contributed by atoms with Crippen molar-refractivity contribution >= 4 is 16.7 Å². The first kappa shape index (κ1) is 19.6. The lowest BCUT2D eigenvalue weighted by molar-refractivity contribution is -0.120. The molecule has 0 bridgehead atoms. The van der Waals surface area contributed by atoms with Crippen LogP contribution in [0.1, 0.15) is 22.7 Å². The summed E-state index contributed by atoms with van der Waals surface area (Å²) >= 11 is 0. The minimum atomic E-state index is 0.0618. The Morgan fingerprint density at radius 2 is 1.72 bits per heavy atom. The SMILES string of the molecule is Cc1ccc([C@@H](CNC(=O)Cc2cccc3ccccc23)N2CCOCC2)cc1. The molecule has 29 heavy (non-hydrogen) atoms. The molecule has 1 aliphatic rings. The monoisotopic (exact) mass is 388 g/mol. The van der Waals surface area contributed by atoms with Crippen LogP contribution in [0.25, 0.3) is 10.8 Å². The van der Waals surface area contributed by atoms with Gasteiger partial charge in [0.2, 0.25) is 5.91 Å². The lowest BCUT2D eigenvalue weighted by Crippen LogP contribution is -2.44. The zero-order valence-electron chi connectivity index (χ0n) is 16.9. The smallest absolute Gasteiger partial charge is 0.224 e. The summed E-state index contributed by atoms with van der Waals surface area (Å²) in [6, 6.07) is 23.2. The molecule has 1 aliphatic heterocycles. The van der Waals surface area contributed by atoms with Gasteiger partial charge in [-0.25, -0.2) is 0 Å². The number of carbonyl (C=O) groups is 1. The summed E-state index contributed by atoms with van der Waals surface area (Å²) in [6.45, 7) is 5.96. The quantitative estimate of drug-likeness (QED) is 0.697. The van der Waals surface area contributed by atoms with Gasteiger partial charge in [0.1, 0.15) is 0 Å². The Bertz CT molecular complexity index is 957. The molecule has 150 valence electrons. The molecular formula is C25H28N2O2. The van der Waals surface area contributed by atoms with Crippen LogP contribution in [0.3, 0.4) is 0 Å². The van der Waals surface area contributed by atoms with Crippen LogP contribution in [-0.2, 0) is 16.0 Å². The van der Waals surface area contributed by atoms with Crippen molar-refractivity contribution < 1.29 is 9.53 Å². The molecule has 0 radical (unpaired) electrons. The van der Waals surface area contributed by atoms with E-state index in [9.17, 15) is 4.79 Å². The summed E-state index contributed by atoms with van der Waals surface area (Å²) in [6.07, 6.45) is 0.394. The standard InChI is InChI=1S/C25H28N2O2/c1-19-9-11-21(12-10-19)24(27-13-15-29-16-14-27)18-26-25(28)17-22-7-4-6-20-5-2-3-8-23(20)22/h2-12,24H,13-18H2,1H3,(H,26,28)/t24-/m1/s1. The van der Waals surface area contributed by atoms with Crippen molar-refractivity contribution in [2.75, 3.05) is 32.8 Å². The van der Waals surface area contributed by atoms with E-state index in [4.69, 9.17) is 4.74 Å². The molecule has 4 rings (SSSR count). The molecular weight excluding hydrogens is 360 g/mol. The first-order valence-electron chi connectivity index (χ1n) is 10.3. The van der Waals surface area contributed by atoms with Crippen LogP contribution in [0.5, 0.6) is 0 Å². The summed E-state index contributed by atoms with van der Waals surface area (Å²) in [5.74, 6) is 0.0618. The second-order valence-corrected chi connectivity index (χ2v) is 7.69. The number of ether oxygens (including phenoxy) is 1. The maximum absolute atomic E-state index is 12.8. The number of carbonyl (C=O) groups excluding carboxylic acids is 1. The van der Waals surface area contributed by atoms with Gasteiger partial charge in [0.25, 0.3) is 0 Å². The van der Waals surface area contributed by atoms with Crippen molar-refractivity contribution in [2.24, 2.45) is 0 Å². The number of hydrogen-bond acceptors (Lipinski definition) is 3. The van der Waals surface area contributed by atoms with Crippen molar-refractivity contribution in [1.82, 2.24) is 10.2 Å². The third-order valence-electron chi connectivity index (χ3n) is 5.67. The van der Waals surface area contributed by atoms with Crippen LogP contribution >= 0.6 is 0 Å². The van der Waals surface area contributed by atoms with E-state index < -0.39 is 0 Å². The molecule has 0 spiro atoms. The van der Waals surface area contributed by atoms with Gasteiger partial charge in [-0.15, -0.1) is 0 Å². The molecule has 1 heterocycles. The third kappa shape index (κ3) is 4.84. The number of amides is 1. The summed E-state index contributed by atoms with van der Waals surface area (Å²) in [4.78, 5) is 15.2. The summed E-state index contributed by atoms with van der Waals surface area (Å²) in [5.41, 5.74) is 3.55. The number of nitrogens with one attached hydrogen (secondary N) is 1. The van der Waals surface area contributed by atoms with Gasteiger partial charge in [-0.1, -0.05) is 72.3 Å². The van der Waals surface area contributed by atoms with E-state index in [1.165, 1.54) is 16.5 Å². The van der Waals surface area contributed by atoms with E-state index in [0.29, 0.717) is 13.0 Å². The van der Waals surface area contributed by atoms with Gasteiger partial charge in [0.15, 0.2) is 0 Å². The molecule has 1 atom stereocenters. The molecule has 3 aromatic rings. The van der Waals surface area contributed by atoms with E-state index in [1.54, 1.807) is 0 Å². The maximum atomic E-state index is 12.8. The minimum absolute atomic E-state index is 0.0618. The van der Waals surface area contributed by atoms with Crippen LogP contribution in [-0.4, -0.2) is 43.7 Å². The number of morpholine rings is 1. The fourth-order valence-electron chi connectivity index (χ4n) is 4.03. The molecule has 4 heteroatoms. The normalized spacial score (nSPS) is 15.9. The van der Waals surface area contributed by atoms with Crippen LogP contribution in [0.2, 0.25) is 0 Å². The average molecular weight is 389 g/mol. The molecule has 0 aromatic heterocycles. The Hall–Kier alpha value is -2.69. The van der Waals surface area contributed by atoms with Gasteiger partial charge in [-0.3, -0.25) is 9.69 Å². The highest BCUT2D eigenvalue weighted by molar-refractivity contribution is 5.90. The molecule has 1 saturated heterocycles. The second-order valence-electron chi connectivity index (χ2n) is 7.69. The number of nitrogens with zero attached hydrogens (tertiary/aromatic N) is 1. The summed E-state index contributed by atoms with van der Waals surface area (Å²) in [7, 11) is 0. The van der Waals surface area contributed by atoms with Gasteiger partial charge in [-0.05, 0) is 28.8 Å². The molecule has 1 fully saturated rings. The lowest BCUT2D eigenvalue weighted by Gasteiger charge is -2.35. The molecule has 0 unspecified atom stereocenters. The van der Waals surface area contributed by atoms with Gasteiger partial charge >= 0.3 is 0 Å². The van der Waals surface area contributed by atoms with E-state index >= 15 is 0 Å². The first-order chi connectivity index (χ1) is 14.2. The fraction of sp³-hybridized carbons (Fsp3) is 0.320. The van der Waals surface area contributed by atoms with E-state index in [1.807, 2.05) is 24.3 Å². The number of rotatable bonds is 6. The average Bonchev–Trinajstić information content (AvgIpc) is 2.76. The molecule has 1 amide bonds.